The zero-order valence-corrected chi connectivity index (χ0v) is 16.7. The Morgan fingerprint density at radius 1 is 0.966 bits per heavy atom. The molecule has 0 aliphatic carbocycles. The van der Waals surface area contributed by atoms with Crippen molar-refractivity contribution in [2.45, 2.75) is 26.9 Å². The molecule has 146 valence electrons. The minimum atomic E-state index is -0.0708. The van der Waals surface area contributed by atoms with Gasteiger partial charge in [0.05, 0.1) is 5.69 Å². The highest BCUT2D eigenvalue weighted by atomic mass is 16.5. The molecule has 4 rings (SSSR count). The predicted octanol–water partition coefficient (Wildman–Crippen LogP) is 5.71. The highest BCUT2D eigenvalue weighted by molar-refractivity contribution is 5.89. The van der Waals surface area contributed by atoms with E-state index in [0.29, 0.717) is 6.61 Å². The molecule has 0 radical (unpaired) electrons. The van der Waals surface area contributed by atoms with Crippen molar-refractivity contribution in [1.29, 1.82) is 0 Å². The fourth-order valence-electron chi connectivity index (χ4n) is 3.60. The summed E-state index contributed by atoms with van der Waals surface area (Å²) < 4.78 is 7.99. The van der Waals surface area contributed by atoms with E-state index in [2.05, 4.69) is 53.2 Å². The fourth-order valence-corrected chi connectivity index (χ4v) is 3.60. The number of benzene rings is 2. The van der Waals surface area contributed by atoms with Crippen LogP contribution in [0.5, 0.6) is 5.75 Å². The maximum atomic E-state index is 11.3. The molecule has 1 N–H and O–H groups in total. The first-order chi connectivity index (χ1) is 14.1. The molecule has 2 heterocycles. The van der Waals surface area contributed by atoms with Crippen LogP contribution in [0.4, 0.5) is 5.69 Å². The van der Waals surface area contributed by atoms with Gasteiger partial charge in [0.15, 0.2) is 0 Å². The SMILES string of the molecule is CCc1c(-c2ccc(OCc3ccccc3)cc2)cn2cc(NC(C)=O)ccc12. The number of amides is 1. The van der Waals surface area contributed by atoms with Gasteiger partial charge in [0, 0.05) is 30.4 Å². The topological polar surface area (TPSA) is 42.7 Å². The van der Waals surface area contributed by atoms with Crippen LogP contribution in [-0.2, 0) is 17.8 Å². The van der Waals surface area contributed by atoms with Gasteiger partial charge in [-0.15, -0.1) is 0 Å². The van der Waals surface area contributed by atoms with E-state index in [-0.39, 0.29) is 5.91 Å². The van der Waals surface area contributed by atoms with Crippen LogP contribution in [0.1, 0.15) is 25.0 Å². The van der Waals surface area contributed by atoms with Crippen LogP contribution in [0, 0.1) is 0 Å². The van der Waals surface area contributed by atoms with E-state index in [1.54, 1.807) is 0 Å². The highest BCUT2D eigenvalue weighted by Crippen LogP contribution is 2.31. The molecule has 0 fully saturated rings. The molecule has 0 bridgehead atoms. The van der Waals surface area contributed by atoms with Gasteiger partial charge < -0.3 is 14.5 Å². The number of aryl methyl sites for hydroxylation is 1. The van der Waals surface area contributed by atoms with Crippen LogP contribution in [0.25, 0.3) is 16.6 Å². The summed E-state index contributed by atoms with van der Waals surface area (Å²) in [6, 6.07) is 22.4. The average Bonchev–Trinajstić information content (AvgIpc) is 3.10. The number of carbonyl (C=O) groups excluding carboxylic acids is 1. The lowest BCUT2D eigenvalue weighted by atomic mass is 10.0. The Balaban J connectivity index is 1.59. The number of fused-ring (bicyclic) bond motifs is 1. The number of aromatic nitrogens is 1. The molecule has 1 amide bonds. The van der Waals surface area contributed by atoms with Gasteiger partial charge in [0.1, 0.15) is 12.4 Å². The largest absolute Gasteiger partial charge is 0.489 e. The molecule has 2 aromatic carbocycles. The summed E-state index contributed by atoms with van der Waals surface area (Å²) in [7, 11) is 0. The van der Waals surface area contributed by atoms with Crippen molar-refractivity contribution < 1.29 is 9.53 Å². The summed E-state index contributed by atoms with van der Waals surface area (Å²) in [6.45, 7) is 4.24. The van der Waals surface area contributed by atoms with E-state index < -0.39 is 0 Å². The fraction of sp³-hybridized carbons (Fsp3) is 0.160. The second kappa shape index (κ2) is 8.23. The van der Waals surface area contributed by atoms with E-state index in [1.165, 1.54) is 18.1 Å². The lowest BCUT2D eigenvalue weighted by molar-refractivity contribution is -0.114. The highest BCUT2D eigenvalue weighted by Gasteiger charge is 2.12. The normalized spacial score (nSPS) is 10.8. The lowest BCUT2D eigenvalue weighted by Crippen LogP contribution is -2.06. The number of hydrogen-bond donors (Lipinski definition) is 1. The molecule has 0 unspecified atom stereocenters. The smallest absolute Gasteiger partial charge is 0.221 e. The average molecular weight is 384 g/mol. The minimum absolute atomic E-state index is 0.0708. The van der Waals surface area contributed by atoms with Crippen LogP contribution < -0.4 is 10.1 Å². The monoisotopic (exact) mass is 384 g/mol. The summed E-state index contributed by atoms with van der Waals surface area (Å²) in [5, 5.41) is 2.84. The van der Waals surface area contributed by atoms with Crippen LogP contribution in [0.3, 0.4) is 0 Å². The van der Waals surface area contributed by atoms with Gasteiger partial charge in [0.2, 0.25) is 5.91 Å². The molecular weight excluding hydrogens is 360 g/mol. The van der Waals surface area contributed by atoms with Crippen molar-refractivity contribution in [1.82, 2.24) is 4.40 Å². The number of anilines is 1. The summed E-state index contributed by atoms with van der Waals surface area (Å²) in [5.74, 6) is 0.783. The van der Waals surface area contributed by atoms with Crippen molar-refractivity contribution in [3.8, 4) is 16.9 Å². The molecule has 4 heteroatoms. The van der Waals surface area contributed by atoms with Crippen molar-refractivity contribution >= 4 is 17.1 Å². The predicted molar refractivity (Wildman–Crippen MR) is 117 cm³/mol. The van der Waals surface area contributed by atoms with Crippen LogP contribution >= 0.6 is 0 Å². The first kappa shape index (κ1) is 18.8. The summed E-state index contributed by atoms with van der Waals surface area (Å²) in [4.78, 5) is 11.3. The first-order valence-corrected chi connectivity index (χ1v) is 9.82. The summed E-state index contributed by atoms with van der Waals surface area (Å²) in [6.07, 6.45) is 5.01. The molecule has 4 nitrogen and oxygen atoms in total. The van der Waals surface area contributed by atoms with Crippen LogP contribution in [0.15, 0.2) is 79.1 Å². The van der Waals surface area contributed by atoms with Crippen molar-refractivity contribution in [2.75, 3.05) is 5.32 Å². The lowest BCUT2D eigenvalue weighted by Gasteiger charge is -2.08. The zero-order valence-electron chi connectivity index (χ0n) is 16.7. The third kappa shape index (κ3) is 4.16. The van der Waals surface area contributed by atoms with Crippen LogP contribution in [-0.4, -0.2) is 10.3 Å². The van der Waals surface area contributed by atoms with E-state index in [1.807, 2.05) is 42.6 Å². The summed E-state index contributed by atoms with van der Waals surface area (Å²) >= 11 is 0. The number of nitrogens with zero attached hydrogens (tertiary/aromatic N) is 1. The quantitative estimate of drug-likeness (QED) is 0.463. The maximum Gasteiger partial charge on any atom is 0.221 e. The molecule has 4 aromatic rings. The van der Waals surface area contributed by atoms with E-state index in [0.717, 1.165) is 34.5 Å². The molecule has 0 saturated heterocycles. The number of pyridine rings is 1. The number of carbonyl (C=O) groups is 1. The van der Waals surface area contributed by atoms with E-state index in [9.17, 15) is 4.79 Å². The Labute approximate surface area is 170 Å². The number of rotatable bonds is 6. The number of nitrogens with one attached hydrogen (secondary N) is 1. The minimum Gasteiger partial charge on any atom is -0.489 e. The summed E-state index contributed by atoms with van der Waals surface area (Å²) in [5.41, 5.74) is 6.73. The van der Waals surface area contributed by atoms with Crippen molar-refractivity contribution in [3.05, 3.63) is 90.3 Å². The van der Waals surface area contributed by atoms with Gasteiger partial charge in [-0.25, -0.2) is 0 Å². The Kier molecular flexibility index (Phi) is 5.34. The third-order valence-corrected chi connectivity index (χ3v) is 4.97. The Hall–Kier alpha value is -3.53. The van der Waals surface area contributed by atoms with E-state index in [4.69, 9.17) is 4.74 Å². The van der Waals surface area contributed by atoms with Crippen molar-refractivity contribution in [3.63, 3.8) is 0 Å². The Morgan fingerprint density at radius 3 is 2.41 bits per heavy atom. The third-order valence-electron chi connectivity index (χ3n) is 4.97. The van der Waals surface area contributed by atoms with E-state index >= 15 is 0 Å². The molecule has 2 aromatic heterocycles. The second-order valence-corrected chi connectivity index (χ2v) is 7.07. The molecular formula is C25H24N2O2. The molecule has 29 heavy (non-hydrogen) atoms. The van der Waals surface area contributed by atoms with Gasteiger partial charge in [-0.3, -0.25) is 4.79 Å². The molecule has 0 spiro atoms. The maximum absolute atomic E-state index is 11.3. The van der Waals surface area contributed by atoms with Gasteiger partial charge >= 0.3 is 0 Å². The molecule has 0 aliphatic heterocycles. The van der Waals surface area contributed by atoms with Gasteiger partial charge in [-0.05, 0) is 47.4 Å². The standard InChI is InChI=1S/C25H24N2O2/c1-3-23-24(16-27-15-21(26-18(2)28)11-14-25(23)27)20-9-12-22(13-10-20)29-17-19-7-5-4-6-8-19/h4-16H,3,17H2,1-2H3,(H,26,28). The van der Waals surface area contributed by atoms with Gasteiger partial charge in [-0.1, -0.05) is 49.4 Å². The Bertz CT molecular complexity index is 1130. The number of ether oxygens (including phenoxy) is 1. The second-order valence-electron chi connectivity index (χ2n) is 7.07. The number of hydrogen-bond acceptors (Lipinski definition) is 2. The first-order valence-electron chi connectivity index (χ1n) is 9.82. The zero-order chi connectivity index (χ0) is 20.2. The van der Waals surface area contributed by atoms with Gasteiger partial charge in [0.25, 0.3) is 0 Å². The Morgan fingerprint density at radius 2 is 1.72 bits per heavy atom. The van der Waals surface area contributed by atoms with Crippen molar-refractivity contribution in [2.24, 2.45) is 0 Å². The van der Waals surface area contributed by atoms with Crippen LogP contribution in [0.2, 0.25) is 0 Å². The molecule has 0 atom stereocenters. The van der Waals surface area contributed by atoms with Gasteiger partial charge in [-0.2, -0.15) is 0 Å². The molecule has 0 saturated carbocycles. The molecule has 0 aliphatic rings.